The molecule has 0 aliphatic heterocycles. The highest BCUT2D eigenvalue weighted by Crippen LogP contribution is 2.23. The molecule has 0 spiro atoms. The molecule has 0 atom stereocenters. The Morgan fingerprint density at radius 3 is 2.71 bits per heavy atom. The number of nitriles is 1. The predicted molar refractivity (Wildman–Crippen MR) is 78.3 cm³/mol. The van der Waals surface area contributed by atoms with Crippen LogP contribution in [0.3, 0.4) is 0 Å². The van der Waals surface area contributed by atoms with Gasteiger partial charge in [-0.1, -0.05) is 17.7 Å². The van der Waals surface area contributed by atoms with Crippen LogP contribution in [-0.2, 0) is 0 Å². The zero-order chi connectivity index (χ0) is 15.4. The molecule has 7 heteroatoms. The van der Waals surface area contributed by atoms with Crippen molar-refractivity contribution in [3.63, 3.8) is 0 Å². The molecule has 4 N–H and O–H groups in total. The molecule has 0 radical (unpaired) electrons. The van der Waals surface area contributed by atoms with Gasteiger partial charge in [0.25, 0.3) is 5.91 Å². The second-order valence-electron chi connectivity index (χ2n) is 4.07. The van der Waals surface area contributed by atoms with Crippen LogP contribution in [0.5, 0.6) is 0 Å². The van der Waals surface area contributed by atoms with E-state index in [1.165, 1.54) is 36.4 Å². The SMILES string of the molecule is N#Cc1ccc(NC(=O)c2cccc(F)c2NN)cc1Cl. The number of carbonyl (C=O) groups is 1. The van der Waals surface area contributed by atoms with Gasteiger partial charge in [0.1, 0.15) is 11.9 Å². The zero-order valence-electron chi connectivity index (χ0n) is 10.7. The number of hydrogen-bond acceptors (Lipinski definition) is 4. The molecule has 2 rings (SSSR count). The second kappa shape index (κ2) is 6.22. The Morgan fingerprint density at radius 2 is 2.10 bits per heavy atom. The molecule has 0 unspecified atom stereocenters. The molecule has 5 nitrogen and oxygen atoms in total. The van der Waals surface area contributed by atoms with Gasteiger partial charge < -0.3 is 10.7 Å². The largest absolute Gasteiger partial charge is 0.322 e. The normalized spacial score (nSPS) is 9.81. The molecule has 2 aromatic carbocycles. The number of halogens is 2. The molecule has 0 fully saturated rings. The highest BCUT2D eigenvalue weighted by Gasteiger charge is 2.15. The number of nitrogens with one attached hydrogen (secondary N) is 2. The maximum atomic E-state index is 13.5. The van der Waals surface area contributed by atoms with Gasteiger partial charge in [-0.25, -0.2) is 4.39 Å². The number of hydrazine groups is 1. The van der Waals surface area contributed by atoms with E-state index in [1.807, 2.05) is 6.07 Å². The van der Waals surface area contributed by atoms with Gasteiger partial charge in [0.15, 0.2) is 0 Å². The van der Waals surface area contributed by atoms with Crippen molar-refractivity contribution >= 4 is 28.9 Å². The average molecular weight is 305 g/mol. The first-order chi connectivity index (χ1) is 10.1. The van der Waals surface area contributed by atoms with Crippen LogP contribution in [0.2, 0.25) is 5.02 Å². The van der Waals surface area contributed by atoms with Crippen LogP contribution in [0.1, 0.15) is 15.9 Å². The number of rotatable bonds is 3. The van der Waals surface area contributed by atoms with Gasteiger partial charge in [-0.15, -0.1) is 0 Å². The third-order valence-corrected chi connectivity index (χ3v) is 3.06. The molecule has 2 aromatic rings. The van der Waals surface area contributed by atoms with Gasteiger partial charge in [0, 0.05) is 5.69 Å². The van der Waals surface area contributed by atoms with Gasteiger partial charge in [0.05, 0.1) is 21.8 Å². The fraction of sp³-hybridized carbons (Fsp3) is 0. The van der Waals surface area contributed by atoms with Crippen LogP contribution >= 0.6 is 11.6 Å². The Bertz CT molecular complexity index is 742. The number of anilines is 2. The minimum atomic E-state index is -0.636. The third kappa shape index (κ3) is 3.11. The van der Waals surface area contributed by atoms with Crippen LogP contribution in [-0.4, -0.2) is 5.91 Å². The summed E-state index contributed by atoms with van der Waals surface area (Å²) in [6.45, 7) is 0. The van der Waals surface area contributed by atoms with Crippen molar-refractivity contribution in [3.05, 3.63) is 58.4 Å². The summed E-state index contributed by atoms with van der Waals surface area (Å²) in [5.74, 6) is 4.03. The molecule has 0 bridgehead atoms. The number of nitrogens with zero attached hydrogens (tertiary/aromatic N) is 1. The predicted octanol–water partition coefficient (Wildman–Crippen LogP) is 2.89. The first-order valence-electron chi connectivity index (χ1n) is 5.83. The Morgan fingerprint density at radius 1 is 1.33 bits per heavy atom. The van der Waals surface area contributed by atoms with Crippen LogP contribution in [0.4, 0.5) is 15.8 Å². The molecule has 21 heavy (non-hydrogen) atoms. The van der Waals surface area contributed by atoms with Gasteiger partial charge in [-0.05, 0) is 30.3 Å². The van der Waals surface area contributed by atoms with Crippen molar-refractivity contribution < 1.29 is 9.18 Å². The van der Waals surface area contributed by atoms with Gasteiger partial charge in [-0.2, -0.15) is 5.26 Å². The lowest BCUT2D eigenvalue weighted by Gasteiger charge is -2.10. The molecular weight excluding hydrogens is 295 g/mol. The quantitative estimate of drug-likeness (QED) is 0.600. The number of carbonyl (C=O) groups excluding carboxylic acids is 1. The zero-order valence-corrected chi connectivity index (χ0v) is 11.4. The van der Waals surface area contributed by atoms with E-state index >= 15 is 0 Å². The minimum absolute atomic E-state index is 0.0537. The highest BCUT2D eigenvalue weighted by molar-refractivity contribution is 6.32. The van der Waals surface area contributed by atoms with Crippen molar-refractivity contribution in [1.82, 2.24) is 0 Å². The summed E-state index contributed by atoms with van der Waals surface area (Å²) in [4.78, 5) is 12.1. The number of hydrogen-bond donors (Lipinski definition) is 3. The van der Waals surface area contributed by atoms with E-state index in [4.69, 9.17) is 22.7 Å². The van der Waals surface area contributed by atoms with Crippen molar-refractivity contribution in [2.75, 3.05) is 10.7 Å². The Balaban J connectivity index is 2.29. The molecule has 0 saturated heterocycles. The molecular formula is C14H10ClFN4O. The maximum absolute atomic E-state index is 13.5. The maximum Gasteiger partial charge on any atom is 0.257 e. The summed E-state index contributed by atoms with van der Waals surface area (Å²) in [6.07, 6.45) is 0. The molecule has 0 saturated carbocycles. The van der Waals surface area contributed by atoms with Gasteiger partial charge in [0.2, 0.25) is 0 Å². The van der Waals surface area contributed by atoms with E-state index in [2.05, 4.69) is 10.7 Å². The van der Waals surface area contributed by atoms with Crippen molar-refractivity contribution in [2.45, 2.75) is 0 Å². The van der Waals surface area contributed by atoms with Crippen LogP contribution in [0.25, 0.3) is 0 Å². The third-order valence-electron chi connectivity index (χ3n) is 2.75. The molecule has 0 aliphatic rings. The molecule has 0 heterocycles. The average Bonchev–Trinajstić information content (AvgIpc) is 2.47. The Hall–Kier alpha value is -2.62. The number of amides is 1. The lowest BCUT2D eigenvalue weighted by molar-refractivity contribution is 0.102. The summed E-state index contributed by atoms with van der Waals surface area (Å²) >= 11 is 5.88. The minimum Gasteiger partial charge on any atom is -0.322 e. The molecule has 0 aliphatic carbocycles. The standard InChI is InChI=1S/C14H10ClFN4O/c15-11-6-9(5-4-8(11)7-17)19-14(21)10-2-1-3-12(16)13(10)20-18/h1-6,20H,18H2,(H,19,21). The van der Waals surface area contributed by atoms with Crippen LogP contribution in [0, 0.1) is 17.1 Å². The van der Waals surface area contributed by atoms with Crippen molar-refractivity contribution in [3.8, 4) is 6.07 Å². The summed E-state index contributed by atoms with van der Waals surface area (Å²) < 4.78 is 13.5. The lowest BCUT2D eigenvalue weighted by atomic mass is 10.1. The first kappa shape index (κ1) is 14.8. The smallest absolute Gasteiger partial charge is 0.257 e. The monoisotopic (exact) mass is 304 g/mol. The first-order valence-corrected chi connectivity index (χ1v) is 6.20. The molecule has 106 valence electrons. The highest BCUT2D eigenvalue weighted by atomic mass is 35.5. The van der Waals surface area contributed by atoms with Gasteiger partial charge >= 0.3 is 0 Å². The fourth-order valence-corrected chi connectivity index (χ4v) is 1.96. The number of para-hydroxylation sites is 1. The lowest BCUT2D eigenvalue weighted by Crippen LogP contribution is -2.18. The van der Waals surface area contributed by atoms with Gasteiger partial charge in [-0.3, -0.25) is 10.6 Å². The topological polar surface area (TPSA) is 90.9 Å². The number of benzene rings is 2. The van der Waals surface area contributed by atoms with E-state index < -0.39 is 11.7 Å². The Kier molecular flexibility index (Phi) is 4.38. The molecule has 1 amide bonds. The summed E-state index contributed by atoms with van der Waals surface area (Å²) in [5, 5.41) is 11.6. The summed E-state index contributed by atoms with van der Waals surface area (Å²) in [6, 6.07) is 10.4. The molecule has 0 aromatic heterocycles. The van der Waals surface area contributed by atoms with Crippen molar-refractivity contribution in [2.24, 2.45) is 5.84 Å². The summed E-state index contributed by atoms with van der Waals surface area (Å²) in [7, 11) is 0. The van der Waals surface area contributed by atoms with Crippen LogP contribution < -0.4 is 16.6 Å². The van der Waals surface area contributed by atoms with E-state index in [0.717, 1.165) is 0 Å². The van der Waals surface area contributed by atoms with Crippen molar-refractivity contribution in [1.29, 1.82) is 5.26 Å². The number of nitrogens with two attached hydrogens (primary N) is 1. The van der Waals surface area contributed by atoms with E-state index in [0.29, 0.717) is 11.3 Å². The van der Waals surface area contributed by atoms with E-state index in [1.54, 1.807) is 0 Å². The van der Waals surface area contributed by atoms with E-state index in [9.17, 15) is 9.18 Å². The summed E-state index contributed by atoms with van der Waals surface area (Å²) in [5.41, 5.74) is 2.79. The van der Waals surface area contributed by atoms with Crippen LogP contribution in [0.15, 0.2) is 36.4 Å². The second-order valence-corrected chi connectivity index (χ2v) is 4.47. The van der Waals surface area contributed by atoms with E-state index in [-0.39, 0.29) is 16.3 Å². The fourth-order valence-electron chi connectivity index (χ4n) is 1.74. The number of nitrogen functional groups attached to an aromatic ring is 1. The Labute approximate surface area is 125 Å².